The van der Waals surface area contributed by atoms with E-state index >= 15 is 0 Å². The fourth-order valence-electron chi connectivity index (χ4n) is 3.08. The lowest BCUT2D eigenvalue weighted by Gasteiger charge is -2.35. The minimum Gasteiger partial charge on any atom is -0.374 e. The average Bonchev–Trinajstić information content (AvgIpc) is 2.70. The van der Waals surface area contributed by atoms with E-state index in [0.717, 1.165) is 45.9 Å². The SMILES string of the molecule is CCN1CCOC(CN2CC(CN)CC2C)C1. The Labute approximate surface area is 105 Å². The van der Waals surface area contributed by atoms with Gasteiger partial charge in [-0.25, -0.2) is 0 Å². The molecule has 2 N–H and O–H groups in total. The molecule has 4 nitrogen and oxygen atoms in total. The predicted octanol–water partition coefficient (Wildman–Crippen LogP) is 0.376. The van der Waals surface area contributed by atoms with Crippen molar-refractivity contribution in [2.24, 2.45) is 11.7 Å². The molecule has 3 atom stereocenters. The second kappa shape index (κ2) is 6.14. The first-order valence-electron chi connectivity index (χ1n) is 7.01. The maximum Gasteiger partial charge on any atom is 0.0829 e. The Morgan fingerprint density at radius 3 is 2.82 bits per heavy atom. The van der Waals surface area contributed by atoms with E-state index in [1.165, 1.54) is 6.42 Å². The van der Waals surface area contributed by atoms with E-state index in [4.69, 9.17) is 10.5 Å². The number of ether oxygens (including phenoxy) is 1. The van der Waals surface area contributed by atoms with Crippen LogP contribution in [0.3, 0.4) is 0 Å². The van der Waals surface area contributed by atoms with Crippen molar-refractivity contribution in [2.45, 2.75) is 32.4 Å². The van der Waals surface area contributed by atoms with Crippen LogP contribution in [0.4, 0.5) is 0 Å². The maximum atomic E-state index is 5.87. The first kappa shape index (κ1) is 13.3. The molecule has 0 bridgehead atoms. The molecule has 2 aliphatic heterocycles. The number of nitrogens with zero attached hydrogens (tertiary/aromatic N) is 2. The van der Waals surface area contributed by atoms with Gasteiger partial charge in [-0.15, -0.1) is 0 Å². The van der Waals surface area contributed by atoms with Gasteiger partial charge in [0.05, 0.1) is 12.7 Å². The summed E-state index contributed by atoms with van der Waals surface area (Å²) in [4.78, 5) is 5.04. The molecule has 0 spiro atoms. The highest BCUT2D eigenvalue weighted by Crippen LogP contribution is 2.23. The number of hydrogen-bond donors (Lipinski definition) is 1. The zero-order valence-corrected chi connectivity index (χ0v) is 11.3. The van der Waals surface area contributed by atoms with E-state index in [1.54, 1.807) is 0 Å². The van der Waals surface area contributed by atoms with Gasteiger partial charge >= 0.3 is 0 Å². The first-order chi connectivity index (χ1) is 8.22. The van der Waals surface area contributed by atoms with Gasteiger partial charge in [0.1, 0.15) is 0 Å². The molecular formula is C13H27N3O. The van der Waals surface area contributed by atoms with Gasteiger partial charge in [-0.1, -0.05) is 6.92 Å². The van der Waals surface area contributed by atoms with E-state index in [-0.39, 0.29) is 0 Å². The predicted molar refractivity (Wildman–Crippen MR) is 70.1 cm³/mol. The number of hydrogen-bond acceptors (Lipinski definition) is 4. The molecule has 2 heterocycles. The van der Waals surface area contributed by atoms with Crippen LogP contribution in [0.2, 0.25) is 0 Å². The number of rotatable bonds is 4. The number of likely N-dealkylation sites (tertiary alicyclic amines) is 1. The summed E-state index contributed by atoms with van der Waals surface area (Å²) < 4.78 is 5.87. The maximum absolute atomic E-state index is 5.87. The molecular weight excluding hydrogens is 214 g/mol. The highest BCUT2D eigenvalue weighted by molar-refractivity contribution is 4.85. The van der Waals surface area contributed by atoms with E-state index in [9.17, 15) is 0 Å². The van der Waals surface area contributed by atoms with Crippen molar-refractivity contribution >= 4 is 0 Å². The van der Waals surface area contributed by atoms with Crippen LogP contribution in [0.25, 0.3) is 0 Å². The van der Waals surface area contributed by atoms with Crippen molar-refractivity contribution in [1.82, 2.24) is 9.80 Å². The number of nitrogens with two attached hydrogens (primary N) is 1. The minimum absolute atomic E-state index is 0.391. The molecule has 0 aromatic heterocycles. The van der Waals surface area contributed by atoms with Gasteiger partial charge in [-0.2, -0.15) is 0 Å². The molecule has 2 aliphatic rings. The molecule has 17 heavy (non-hydrogen) atoms. The van der Waals surface area contributed by atoms with Gasteiger partial charge in [0.25, 0.3) is 0 Å². The highest BCUT2D eigenvalue weighted by atomic mass is 16.5. The molecule has 100 valence electrons. The lowest BCUT2D eigenvalue weighted by molar-refractivity contribution is -0.0429. The van der Waals surface area contributed by atoms with E-state index < -0.39 is 0 Å². The summed E-state index contributed by atoms with van der Waals surface area (Å²) in [5.74, 6) is 0.691. The van der Waals surface area contributed by atoms with Crippen molar-refractivity contribution in [3.63, 3.8) is 0 Å². The van der Waals surface area contributed by atoms with Crippen LogP contribution in [0, 0.1) is 5.92 Å². The average molecular weight is 241 g/mol. The summed E-state index contributed by atoms with van der Waals surface area (Å²) >= 11 is 0. The van der Waals surface area contributed by atoms with Crippen LogP contribution in [-0.2, 0) is 4.74 Å². The molecule has 3 unspecified atom stereocenters. The molecule has 0 radical (unpaired) electrons. The van der Waals surface area contributed by atoms with Gasteiger partial charge in [-0.05, 0) is 32.4 Å². The molecule has 0 aromatic carbocycles. The minimum atomic E-state index is 0.391. The van der Waals surface area contributed by atoms with Crippen molar-refractivity contribution < 1.29 is 4.74 Å². The fourth-order valence-corrected chi connectivity index (χ4v) is 3.08. The summed E-state index contributed by atoms with van der Waals surface area (Å²) in [6.45, 7) is 11.8. The second-order valence-electron chi connectivity index (χ2n) is 5.53. The normalized spacial score (nSPS) is 36.5. The Morgan fingerprint density at radius 2 is 2.18 bits per heavy atom. The van der Waals surface area contributed by atoms with Crippen LogP contribution < -0.4 is 5.73 Å². The molecule has 2 saturated heterocycles. The van der Waals surface area contributed by atoms with Crippen LogP contribution in [0.5, 0.6) is 0 Å². The third kappa shape index (κ3) is 3.41. The van der Waals surface area contributed by atoms with E-state index in [2.05, 4.69) is 23.6 Å². The Bertz CT molecular complexity index is 237. The molecule has 0 saturated carbocycles. The number of likely N-dealkylation sites (N-methyl/N-ethyl adjacent to an activating group) is 1. The third-order valence-corrected chi connectivity index (χ3v) is 4.23. The zero-order valence-electron chi connectivity index (χ0n) is 11.3. The third-order valence-electron chi connectivity index (χ3n) is 4.23. The molecule has 2 fully saturated rings. The van der Waals surface area contributed by atoms with Gasteiger partial charge in [-0.3, -0.25) is 9.80 Å². The Kier molecular flexibility index (Phi) is 4.79. The van der Waals surface area contributed by atoms with Gasteiger partial charge in [0.15, 0.2) is 0 Å². The topological polar surface area (TPSA) is 41.7 Å². The standard InChI is InChI=1S/C13H27N3O/c1-3-15-4-5-17-13(9-15)10-16-8-12(7-14)6-11(16)2/h11-13H,3-10,14H2,1-2H3. The van der Waals surface area contributed by atoms with Crippen molar-refractivity contribution in [1.29, 1.82) is 0 Å². The van der Waals surface area contributed by atoms with Crippen LogP contribution >= 0.6 is 0 Å². The largest absolute Gasteiger partial charge is 0.374 e. The molecule has 0 amide bonds. The molecule has 4 heteroatoms. The van der Waals surface area contributed by atoms with Crippen molar-refractivity contribution in [3.05, 3.63) is 0 Å². The lowest BCUT2D eigenvalue weighted by Crippen LogP contribution is -2.48. The van der Waals surface area contributed by atoms with Crippen LogP contribution in [-0.4, -0.2) is 67.8 Å². The first-order valence-corrected chi connectivity index (χ1v) is 7.01. The summed E-state index contributed by atoms with van der Waals surface area (Å²) in [5.41, 5.74) is 5.77. The van der Waals surface area contributed by atoms with E-state index in [0.29, 0.717) is 18.1 Å². The van der Waals surface area contributed by atoms with Gasteiger partial charge in [0, 0.05) is 32.2 Å². The van der Waals surface area contributed by atoms with Crippen molar-refractivity contribution in [2.75, 3.05) is 45.9 Å². The Balaban J connectivity index is 1.80. The quantitative estimate of drug-likeness (QED) is 0.772. The van der Waals surface area contributed by atoms with Crippen molar-refractivity contribution in [3.8, 4) is 0 Å². The Hall–Kier alpha value is -0.160. The summed E-state index contributed by atoms with van der Waals surface area (Å²) in [6.07, 6.45) is 1.64. The molecule has 2 rings (SSSR count). The van der Waals surface area contributed by atoms with Crippen LogP contribution in [0.1, 0.15) is 20.3 Å². The molecule has 0 aliphatic carbocycles. The summed E-state index contributed by atoms with van der Waals surface area (Å²) in [6, 6.07) is 0.671. The summed E-state index contributed by atoms with van der Waals surface area (Å²) in [7, 11) is 0. The monoisotopic (exact) mass is 241 g/mol. The second-order valence-corrected chi connectivity index (χ2v) is 5.53. The number of morpholine rings is 1. The van der Waals surface area contributed by atoms with Gasteiger partial charge in [0.2, 0.25) is 0 Å². The summed E-state index contributed by atoms with van der Waals surface area (Å²) in [5, 5.41) is 0. The lowest BCUT2D eigenvalue weighted by atomic mass is 10.1. The highest BCUT2D eigenvalue weighted by Gasteiger charge is 2.31. The fraction of sp³-hybridized carbons (Fsp3) is 1.00. The van der Waals surface area contributed by atoms with Gasteiger partial charge < -0.3 is 10.5 Å². The van der Waals surface area contributed by atoms with E-state index in [1.807, 2.05) is 0 Å². The van der Waals surface area contributed by atoms with Crippen LogP contribution in [0.15, 0.2) is 0 Å². The Morgan fingerprint density at radius 1 is 1.35 bits per heavy atom. The zero-order chi connectivity index (χ0) is 12.3. The smallest absolute Gasteiger partial charge is 0.0829 e. The molecule has 0 aromatic rings.